The summed E-state index contributed by atoms with van der Waals surface area (Å²) in [6.45, 7) is 6.47. The van der Waals surface area contributed by atoms with Crippen molar-refractivity contribution in [1.82, 2.24) is 20.0 Å². The summed E-state index contributed by atoms with van der Waals surface area (Å²) in [6, 6.07) is 0. The standard InChI is InChI=1S/C14H22N4O.ClH/c1-2-7-18-13(11-3-4-11)12(10-16-18)14(19)17-8-5-15-6-9-17;/h10-11,15H,2-9H2,1H3;1H. The van der Waals surface area contributed by atoms with Gasteiger partial charge < -0.3 is 10.2 Å². The molecular weight excluding hydrogens is 276 g/mol. The maximum absolute atomic E-state index is 12.6. The molecule has 112 valence electrons. The number of carbonyl (C=O) groups excluding carboxylic acids is 1. The van der Waals surface area contributed by atoms with Gasteiger partial charge in [0, 0.05) is 38.6 Å². The van der Waals surface area contributed by atoms with Crippen LogP contribution in [0.5, 0.6) is 0 Å². The predicted octanol–water partition coefficient (Wildman–Crippen LogP) is 1.64. The molecule has 1 aromatic heterocycles. The number of rotatable bonds is 4. The Hall–Kier alpha value is -1.07. The maximum atomic E-state index is 12.6. The van der Waals surface area contributed by atoms with Crippen molar-refractivity contribution >= 4 is 18.3 Å². The molecule has 2 fully saturated rings. The Labute approximate surface area is 126 Å². The van der Waals surface area contributed by atoms with Gasteiger partial charge in [-0.25, -0.2) is 0 Å². The van der Waals surface area contributed by atoms with Crippen LogP contribution in [0, 0.1) is 0 Å². The number of carbonyl (C=O) groups is 1. The summed E-state index contributed by atoms with van der Waals surface area (Å²) < 4.78 is 2.05. The van der Waals surface area contributed by atoms with Gasteiger partial charge in [-0.2, -0.15) is 5.10 Å². The Bertz CT molecular complexity index is 464. The van der Waals surface area contributed by atoms with Crippen LogP contribution >= 0.6 is 12.4 Å². The van der Waals surface area contributed by atoms with E-state index in [4.69, 9.17) is 0 Å². The lowest BCUT2D eigenvalue weighted by atomic mass is 10.1. The first-order chi connectivity index (χ1) is 9.31. The lowest BCUT2D eigenvalue weighted by Gasteiger charge is -2.27. The first-order valence-electron chi connectivity index (χ1n) is 7.37. The Morgan fingerprint density at radius 3 is 2.70 bits per heavy atom. The molecule has 2 aliphatic rings. The van der Waals surface area contributed by atoms with E-state index in [1.807, 2.05) is 9.58 Å². The highest BCUT2D eigenvalue weighted by molar-refractivity contribution is 5.95. The van der Waals surface area contributed by atoms with Crippen molar-refractivity contribution in [2.75, 3.05) is 26.2 Å². The first-order valence-corrected chi connectivity index (χ1v) is 7.37. The molecule has 5 nitrogen and oxygen atoms in total. The van der Waals surface area contributed by atoms with Crippen molar-refractivity contribution in [3.05, 3.63) is 17.5 Å². The van der Waals surface area contributed by atoms with E-state index >= 15 is 0 Å². The predicted molar refractivity (Wildman–Crippen MR) is 80.5 cm³/mol. The van der Waals surface area contributed by atoms with E-state index in [-0.39, 0.29) is 18.3 Å². The first kappa shape index (κ1) is 15.3. The molecule has 0 radical (unpaired) electrons. The summed E-state index contributed by atoms with van der Waals surface area (Å²) in [5.74, 6) is 0.738. The number of aromatic nitrogens is 2. The number of aryl methyl sites for hydroxylation is 1. The summed E-state index contributed by atoms with van der Waals surface area (Å²) in [5.41, 5.74) is 2.03. The number of amides is 1. The third kappa shape index (κ3) is 2.99. The van der Waals surface area contributed by atoms with E-state index < -0.39 is 0 Å². The van der Waals surface area contributed by atoms with Crippen LogP contribution < -0.4 is 5.32 Å². The minimum atomic E-state index is 0. The van der Waals surface area contributed by atoms with Crippen LogP contribution in [0.1, 0.15) is 48.2 Å². The lowest BCUT2D eigenvalue weighted by Crippen LogP contribution is -2.46. The number of nitrogens with one attached hydrogen (secondary N) is 1. The van der Waals surface area contributed by atoms with Crippen LogP contribution in [0.3, 0.4) is 0 Å². The van der Waals surface area contributed by atoms with Gasteiger partial charge in [-0.3, -0.25) is 9.48 Å². The van der Waals surface area contributed by atoms with Gasteiger partial charge in [0.25, 0.3) is 5.91 Å². The molecule has 20 heavy (non-hydrogen) atoms. The zero-order chi connectivity index (χ0) is 13.2. The molecule has 2 heterocycles. The second-order valence-electron chi connectivity index (χ2n) is 5.48. The lowest BCUT2D eigenvalue weighted by molar-refractivity contribution is 0.0734. The van der Waals surface area contributed by atoms with Crippen molar-refractivity contribution in [3.8, 4) is 0 Å². The molecule has 3 rings (SSSR count). The van der Waals surface area contributed by atoms with Gasteiger partial charge in [-0.05, 0) is 19.3 Å². The van der Waals surface area contributed by atoms with Crippen LogP contribution in [-0.4, -0.2) is 46.8 Å². The van der Waals surface area contributed by atoms with Gasteiger partial charge in [0.2, 0.25) is 0 Å². The normalized spacial score (nSPS) is 18.8. The number of hydrogen-bond donors (Lipinski definition) is 1. The van der Waals surface area contributed by atoms with Gasteiger partial charge in [-0.15, -0.1) is 12.4 Å². The largest absolute Gasteiger partial charge is 0.336 e. The van der Waals surface area contributed by atoms with Gasteiger partial charge in [0.1, 0.15) is 0 Å². The van der Waals surface area contributed by atoms with E-state index in [1.54, 1.807) is 6.20 Å². The number of hydrogen-bond acceptors (Lipinski definition) is 3. The van der Waals surface area contributed by atoms with Crippen molar-refractivity contribution in [2.24, 2.45) is 0 Å². The molecule has 0 atom stereocenters. The number of nitrogens with zero attached hydrogens (tertiary/aromatic N) is 3. The third-order valence-corrected chi connectivity index (χ3v) is 3.91. The molecule has 6 heteroatoms. The van der Waals surface area contributed by atoms with Gasteiger partial charge in [-0.1, -0.05) is 6.92 Å². The van der Waals surface area contributed by atoms with Crippen molar-refractivity contribution in [1.29, 1.82) is 0 Å². The van der Waals surface area contributed by atoms with Crippen LogP contribution in [-0.2, 0) is 6.54 Å². The third-order valence-electron chi connectivity index (χ3n) is 3.91. The molecule has 1 aromatic rings. The summed E-state index contributed by atoms with van der Waals surface area (Å²) >= 11 is 0. The second kappa shape index (κ2) is 6.59. The van der Waals surface area contributed by atoms with Gasteiger partial charge in [0.15, 0.2) is 0 Å². The second-order valence-corrected chi connectivity index (χ2v) is 5.48. The summed E-state index contributed by atoms with van der Waals surface area (Å²) in [5, 5.41) is 7.72. The average molecular weight is 299 g/mol. The summed E-state index contributed by atoms with van der Waals surface area (Å²) in [4.78, 5) is 14.6. The molecule has 0 spiro atoms. The van der Waals surface area contributed by atoms with Gasteiger partial charge >= 0.3 is 0 Å². The quantitative estimate of drug-likeness (QED) is 0.919. The highest BCUT2D eigenvalue weighted by Gasteiger charge is 2.33. The highest BCUT2D eigenvalue weighted by atomic mass is 35.5. The Morgan fingerprint density at radius 1 is 1.40 bits per heavy atom. The SMILES string of the molecule is CCCn1ncc(C(=O)N2CCNCC2)c1C1CC1.Cl. The molecule has 1 aliphatic carbocycles. The van der Waals surface area contributed by atoms with Crippen molar-refractivity contribution < 1.29 is 4.79 Å². The Morgan fingerprint density at radius 2 is 2.10 bits per heavy atom. The number of halogens is 1. The molecule has 0 aromatic carbocycles. The van der Waals surface area contributed by atoms with Crippen LogP contribution in [0.4, 0.5) is 0 Å². The zero-order valence-corrected chi connectivity index (χ0v) is 12.8. The van der Waals surface area contributed by atoms with E-state index in [0.717, 1.165) is 44.7 Å². The highest BCUT2D eigenvalue weighted by Crippen LogP contribution is 2.42. The summed E-state index contributed by atoms with van der Waals surface area (Å²) in [7, 11) is 0. The molecule has 1 N–H and O–H groups in total. The van der Waals surface area contributed by atoms with E-state index in [2.05, 4.69) is 17.3 Å². The van der Waals surface area contributed by atoms with E-state index in [1.165, 1.54) is 18.5 Å². The molecule has 1 saturated heterocycles. The molecular formula is C14H23ClN4O. The maximum Gasteiger partial charge on any atom is 0.257 e. The molecule has 1 amide bonds. The van der Waals surface area contributed by atoms with Gasteiger partial charge in [0.05, 0.1) is 17.5 Å². The minimum Gasteiger partial charge on any atom is -0.336 e. The molecule has 0 unspecified atom stereocenters. The zero-order valence-electron chi connectivity index (χ0n) is 12.0. The average Bonchev–Trinajstić information content (AvgIpc) is 3.21. The topological polar surface area (TPSA) is 50.2 Å². The Kier molecular flexibility index (Phi) is 5.05. The molecule has 0 bridgehead atoms. The molecule has 1 aliphatic heterocycles. The smallest absolute Gasteiger partial charge is 0.257 e. The van der Waals surface area contributed by atoms with Crippen LogP contribution in [0.15, 0.2) is 6.20 Å². The van der Waals surface area contributed by atoms with Crippen LogP contribution in [0.25, 0.3) is 0 Å². The fourth-order valence-corrected chi connectivity index (χ4v) is 2.78. The fraction of sp³-hybridized carbons (Fsp3) is 0.714. The van der Waals surface area contributed by atoms with Crippen molar-refractivity contribution in [2.45, 2.75) is 38.6 Å². The Balaban J connectivity index is 0.00000147. The minimum absolute atomic E-state index is 0. The molecule has 1 saturated carbocycles. The van der Waals surface area contributed by atoms with E-state index in [9.17, 15) is 4.79 Å². The number of piperazine rings is 1. The van der Waals surface area contributed by atoms with Crippen molar-refractivity contribution in [3.63, 3.8) is 0 Å². The summed E-state index contributed by atoms with van der Waals surface area (Å²) in [6.07, 6.45) is 5.25. The van der Waals surface area contributed by atoms with E-state index in [0.29, 0.717) is 5.92 Å². The fourth-order valence-electron chi connectivity index (χ4n) is 2.78. The van der Waals surface area contributed by atoms with Crippen LogP contribution in [0.2, 0.25) is 0 Å². The monoisotopic (exact) mass is 298 g/mol.